The van der Waals surface area contributed by atoms with Crippen LogP contribution in [-0.2, 0) is 16.0 Å². The third-order valence-corrected chi connectivity index (χ3v) is 7.65. The van der Waals surface area contributed by atoms with Gasteiger partial charge < -0.3 is 15.0 Å². The van der Waals surface area contributed by atoms with Gasteiger partial charge in [0.1, 0.15) is 11.6 Å². The molecule has 39 heavy (non-hydrogen) atoms. The van der Waals surface area contributed by atoms with Crippen LogP contribution in [0.4, 0.5) is 5.69 Å². The average Bonchev–Trinajstić information content (AvgIpc) is 2.98. The first kappa shape index (κ1) is 27.0. The molecule has 0 unspecified atom stereocenters. The SMILES string of the molecule is CCc1nccc(-c2cc(NC(=O)CN3CCN(CC(=O)N4CCCCC4)CC3)c3cc(OC)ccc3c2)n1. The summed E-state index contributed by atoms with van der Waals surface area (Å²) in [6.45, 7) is 7.68. The fourth-order valence-electron chi connectivity index (χ4n) is 5.38. The molecule has 2 amide bonds. The minimum absolute atomic E-state index is 0.0638. The quantitative estimate of drug-likeness (QED) is 0.477. The Bertz CT molecular complexity index is 1320. The summed E-state index contributed by atoms with van der Waals surface area (Å²) in [5, 5.41) is 5.06. The van der Waals surface area contributed by atoms with Gasteiger partial charge in [0.2, 0.25) is 11.8 Å². The van der Waals surface area contributed by atoms with Gasteiger partial charge in [-0.05, 0) is 55.0 Å². The topological polar surface area (TPSA) is 90.9 Å². The number of carbonyl (C=O) groups excluding carboxylic acids is 2. The highest BCUT2D eigenvalue weighted by Gasteiger charge is 2.24. The zero-order valence-corrected chi connectivity index (χ0v) is 23.0. The first-order valence-electron chi connectivity index (χ1n) is 14.0. The minimum Gasteiger partial charge on any atom is -0.497 e. The third-order valence-electron chi connectivity index (χ3n) is 7.65. The number of ether oxygens (including phenoxy) is 1. The number of nitrogens with zero attached hydrogens (tertiary/aromatic N) is 5. The van der Waals surface area contributed by atoms with E-state index in [-0.39, 0.29) is 11.8 Å². The summed E-state index contributed by atoms with van der Waals surface area (Å²) < 4.78 is 5.45. The molecule has 0 radical (unpaired) electrons. The number of carbonyl (C=O) groups is 2. The minimum atomic E-state index is -0.0638. The van der Waals surface area contributed by atoms with Gasteiger partial charge in [0, 0.05) is 68.5 Å². The van der Waals surface area contributed by atoms with Gasteiger partial charge >= 0.3 is 0 Å². The number of piperidine rings is 1. The Labute approximate surface area is 230 Å². The fourth-order valence-corrected chi connectivity index (χ4v) is 5.38. The van der Waals surface area contributed by atoms with Gasteiger partial charge in [0.05, 0.1) is 25.9 Å². The van der Waals surface area contributed by atoms with Crippen LogP contribution in [0, 0.1) is 0 Å². The summed E-state index contributed by atoms with van der Waals surface area (Å²) in [4.78, 5) is 41.2. The Morgan fingerprint density at radius 1 is 0.923 bits per heavy atom. The van der Waals surface area contributed by atoms with Gasteiger partial charge in [0.15, 0.2) is 0 Å². The van der Waals surface area contributed by atoms with Crippen molar-refractivity contribution in [1.29, 1.82) is 0 Å². The Balaban J connectivity index is 1.25. The van der Waals surface area contributed by atoms with Gasteiger partial charge in [-0.3, -0.25) is 19.4 Å². The van der Waals surface area contributed by atoms with Crippen LogP contribution in [-0.4, -0.2) is 95.9 Å². The number of aromatic nitrogens is 2. The number of rotatable bonds is 8. The summed E-state index contributed by atoms with van der Waals surface area (Å²) in [5.41, 5.74) is 2.48. The molecule has 0 aliphatic carbocycles. The Morgan fingerprint density at radius 2 is 1.67 bits per heavy atom. The van der Waals surface area contributed by atoms with E-state index in [2.05, 4.69) is 31.2 Å². The Kier molecular flexibility index (Phi) is 8.68. The predicted molar refractivity (Wildman–Crippen MR) is 153 cm³/mol. The molecule has 0 bridgehead atoms. The lowest BCUT2D eigenvalue weighted by Crippen LogP contribution is -2.51. The molecule has 2 aliphatic heterocycles. The summed E-state index contributed by atoms with van der Waals surface area (Å²) >= 11 is 0. The van der Waals surface area contributed by atoms with E-state index >= 15 is 0 Å². The number of piperazine rings is 1. The summed E-state index contributed by atoms with van der Waals surface area (Å²) in [5.74, 6) is 1.69. The highest BCUT2D eigenvalue weighted by Crippen LogP contribution is 2.33. The monoisotopic (exact) mass is 530 g/mol. The molecule has 2 saturated heterocycles. The van der Waals surface area contributed by atoms with Crippen molar-refractivity contribution in [2.75, 3.05) is 64.8 Å². The van der Waals surface area contributed by atoms with Crippen molar-refractivity contribution in [1.82, 2.24) is 24.7 Å². The summed E-state index contributed by atoms with van der Waals surface area (Å²) in [6, 6.07) is 11.8. The van der Waals surface area contributed by atoms with Crippen molar-refractivity contribution in [3.8, 4) is 17.0 Å². The molecular weight excluding hydrogens is 492 g/mol. The van der Waals surface area contributed by atoms with E-state index in [4.69, 9.17) is 4.74 Å². The molecule has 0 atom stereocenters. The maximum atomic E-state index is 13.2. The first-order chi connectivity index (χ1) is 19.0. The lowest BCUT2D eigenvalue weighted by molar-refractivity contribution is -0.134. The summed E-state index contributed by atoms with van der Waals surface area (Å²) in [6.07, 6.45) is 5.97. The van der Waals surface area contributed by atoms with Crippen molar-refractivity contribution in [3.05, 3.63) is 48.4 Å². The van der Waals surface area contributed by atoms with E-state index in [1.165, 1.54) is 6.42 Å². The normalized spacial score (nSPS) is 16.8. The second kappa shape index (κ2) is 12.5. The highest BCUT2D eigenvalue weighted by molar-refractivity contribution is 6.05. The molecule has 5 rings (SSSR count). The predicted octanol–water partition coefficient (Wildman–Crippen LogP) is 3.44. The van der Waals surface area contributed by atoms with Gasteiger partial charge in [0.25, 0.3) is 0 Å². The van der Waals surface area contributed by atoms with Crippen LogP contribution in [0.3, 0.4) is 0 Å². The molecule has 2 aromatic carbocycles. The highest BCUT2D eigenvalue weighted by atomic mass is 16.5. The zero-order valence-electron chi connectivity index (χ0n) is 23.0. The maximum Gasteiger partial charge on any atom is 0.238 e. The lowest BCUT2D eigenvalue weighted by Gasteiger charge is -2.35. The molecule has 0 spiro atoms. The lowest BCUT2D eigenvalue weighted by atomic mass is 10.0. The van der Waals surface area contributed by atoms with Crippen LogP contribution in [0.5, 0.6) is 5.75 Å². The smallest absolute Gasteiger partial charge is 0.238 e. The number of hydrogen-bond acceptors (Lipinski definition) is 7. The molecule has 9 nitrogen and oxygen atoms in total. The largest absolute Gasteiger partial charge is 0.497 e. The number of fused-ring (bicyclic) bond motifs is 1. The van der Waals surface area contributed by atoms with Gasteiger partial charge in [-0.15, -0.1) is 0 Å². The first-order valence-corrected chi connectivity index (χ1v) is 14.0. The molecule has 1 N–H and O–H groups in total. The number of anilines is 1. The fraction of sp³-hybridized carbons (Fsp3) is 0.467. The van der Waals surface area contributed by atoms with E-state index < -0.39 is 0 Å². The third kappa shape index (κ3) is 6.72. The number of aryl methyl sites for hydroxylation is 1. The molecule has 9 heteroatoms. The van der Waals surface area contributed by atoms with Crippen LogP contribution in [0.1, 0.15) is 32.0 Å². The summed E-state index contributed by atoms with van der Waals surface area (Å²) in [7, 11) is 1.64. The number of nitrogens with one attached hydrogen (secondary N) is 1. The number of hydrogen-bond donors (Lipinski definition) is 1. The van der Waals surface area contributed by atoms with Crippen molar-refractivity contribution in [2.45, 2.75) is 32.6 Å². The van der Waals surface area contributed by atoms with Crippen LogP contribution in [0.25, 0.3) is 22.0 Å². The average molecular weight is 531 g/mol. The Morgan fingerprint density at radius 3 is 2.38 bits per heavy atom. The van der Waals surface area contributed by atoms with Crippen LogP contribution in [0.15, 0.2) is 42.6 Å². The van der Waals surface area contributed by atoms with E-state index in [0.717, 1.165) is 97.8 Å². The molecule has 2 aliphatic rings. The Hall–Kier alpha value is -3.56. The second-order valence-electron chi connectivity index (χ2n) is 10.4. The zero-order chi connectivity index (χ0) is 27.2. The molecule has 3 heterocycles. The van der Waals surface area contributed by atoms with Crippen molar-refractivity contribution < 1.29 is 14.3 Å². The number of likely N-dealkylation sites (tertiary alicyclic amines) is 1. The van der Waals surface area contributed by atoms with Crippen LogP contribution in [0.2, 0.25) is 0 Å². The second-order valence-corrected chi connectivity index (χ2v) is 10.4. The van der Waals surface area contributed by atoms with Crippen molar-refractivity contribution in [2.24, 2.45) is 0 Å². The van der Waals surface area contributed by atoms with E-state index in [1.54, 1.807) is 13.3 Å². The standard InChI is InChI=1S/C30H38N6O3/c1-3-28-31-10-9-26(32-28)23-17-22-7-8-24(39-2)19-25(22)27(18-23)33-29(37)20-34-13-15-35(16-14-34)21-30(38)36-11-5-4-6-12-36/h7-10,17-19H,3-6,11-16,20-21H2,1-2H3,(H,33,37). The number of amides is 2. The molecule has 0 saturated carbocycles. The van der Waals surface area contributed by atoms with Crippen LogP contribution >= 0.6 is 0 Å². The molecule has 206 valence electrons. The van der Waals surface area contributed by atoms with Crippen molar-refractivity contribution >= 4 is 28.3 Å². The van der Waals surface area contributed by atoms with E-state index in [9.17, 15) is 9.59 Å². The van der Waals surface area contributed by atoms with Crippen LogP contribution < -0.4 is 10.1 Å². The van der Waals surface area contributed by atoms with E-state index in [1.807, 2.05) is 42.2 Å². The maximum absolute atomic E-state index is 13.2. The van der Waals surface area contributed by atoms with Crippen molar-refractivity contribution in [3.63, 3.8) is 0 Å². The van der Waals surface area contributed by atoms with Gasteiger partial charge in [-0.1, -0.05) is 13.0 Å². The number of benzene rings is 2. The molecule has 2 fully saturated rings. The molecule has 3 aromatic rings. The van der Waals surface area contributed by atoms with E-state index in [0.29, 0.717) is 13.1 Å². The molecule has 1 aromatic heterocycles. The molecular formula is C30H38N6O3. The van der Waals surface area contributed by atoms with Gasteiger partial charge in [-0.25, -0.2) is 9.97 Å². The van der Waals surface area contributed by atoms with Gasteiger partial charge in [-0.2, -0.15) is 0 Å². The number of methoxy groups -OCH3 is 1.